The number of aliphatic imine (C=N–C) groups is 1. The van der Waals surface area contributed by atoms with Gasteiger partial charge in [0.1, 0.15) is 5.56 Å². The standard InChI is InChI=1S/C21H20BrN3O3/c1-11-5-6-12(2)18(7-11)25-20(27)15(19(26)24-21(25)28)10-23-17-9-13(3)16(22)8-14(17)4/h5-10,27H,1-4H3,(H,24,26,28). The first kappa shape index (κ1) is 19.8. The van der Waals surface area contributed by atoms with Crippen LogP contribution in [0.15, 0.2) is 49.4 Å². The van der Waals surface area contributed by atoms with E-state index >= 15 is 0 Å². The highest BCUT2D eigenvalue weighted by molar-refractivity contribution is 9.10. The molecule has 0 aliphatic rings. The Hall–Kier alpha value is -2.93. The lowest BCUT2D eigenvalue weighted by Gasteiger charge is -2.13. The Balaban J connectivity index is 2.18. The van der Waals surface area contributed by atoms with Crippen molar-refractivity contribution in [1.29, 1.82) is 0 Å². The molecular weight excluding hydrogens is 422 g/mol. The number of aryl methyl sites for hydroxylation is 4. The zero-order chi connectivity index (χ0) is 20.6. The molecule has 2 N–H and O–H groups in total. The van der Waals surface area contributed by atoms with E-state index in [9.17, 15) is 14.7 Å². The zero-order valence-corrected chi connectivity index (χ0v) is 17.6. The summed E-state index contributed by atoms with van der Waals surface area (Å²) in [6.07, 6.45) is 1.28. The van der Waals surface area contributed by atoms with Gasteiger partial charge < -0.3 is 5.11 Å². The third-order valence-corrected chi connectivity index (χ3v) is 5.39. The van der Waals surface area contributed by atoms with E-state index in [1.807, 2.05) is 52.0 Å². The lowest BCUT2D eigenvalue weighted by atomic mass is 10.1. The van der Waals surface area contributed by atoms with E-state index in [1.165, 1.54) is 6.21 Å². The molecule has 0 spiro atoms. The quantitative estimate of drug-likeness (QED) is 0.602. The van der Waals surface area contributed by atoms with Gasteiger partial charge in [-0.3, -0.25) is 14.8 Å². The van der Waals surface area contributed by atoms with Gasteiger partial charge in [-0.2, -0.15) is 0 Å². The van der Waals surface area contributed by atoms with Crippen LogP contribution in [0.1, 0.15) is 27.8 Å². The van der Waals surface area contributed by atoms with E-state index in [4.69, 9.17) is 0 Å². The predicted octanol–water partition coefficient (Wildman–Crippen LogP) is 3.98. The van der Waals surface area contributed by atoms with Crippen molar-refractivity contribution in [2.45, 2.75) is 27.7 Å². The summed E-state index contributed by atoms with van der Waals surface area (Å²) >= 11 is 3.47. The van der Waals surface area contributed by atoms with Crippen molar-refractivity contribution < 1.29 is 5.11 Å². The molecule has 1 heterocycles. The second-order valence-corrected chi connectivity index (χ2v) is 7.62. The Morgan fingerprint density at radius 1 is 1.04 bits per heavy atom. The normalized spacial score (nSPS) is 11.3. The number of hydrogen-bond donors (Lipinski definition) is 2. The SMILES string of the molecule is Cc1ccc(C)c(-n2c(O)c(C=Nc3cc(C)c(Br)cc3C)c(=O)[nH]c2=O)c1. The fourth-order valence-electron chi connectivity index (χ4n) is 2.88. The topological polar surface area (TPSA) is 87.4 Å². The average Bonchev–Trinajstić information content (AvgIpc) is 2.61. The molecule has 0 aliphatic carbocycles. The van der Waals surface area contributed by atoms with Crippen LogP contribution in [0.3, 0.4) is 0 Å². The van der Waals surface area contributed by atoms with Gasteiger partial charge in [0, 0.05) is 10.7 Å². The number of nitrogens with zero attached hydrogens (tertiary/aromatic N) is 2. The molecule has 7 heteroatoms. The van der Waals surface area contributed by atoms with Crippen molar-refractivity contribution in [2.75, 3.05) is 0 Å². The van der Waals surface area contributed by atoms with Gasteiger partial charge in [0.15, 0.2) is 0 Å². The minimum absolute atomic E-state index is 0.0829. The van der Waals surface area contributed by atoms with E-state index in [0.717, 1.165) is 31.3 Å². The molecule has 0 amide bonds. The molecule has 0 saturated heterocycles. The maximum absolute atomic E-state index is 12.4. The van der Waals surface area contributed by atoms with Gasteiger partial charge in [0.25, 0.3) is 5.56 Å². The second kappa shape index (κ2) is 7.59. The number of rotatable bonds is 3. The van der Waals surface area contributed by atoms with Gasteiger partial charge in [-0.1, -0.05) is 28.1 Å². The maximum Gasteiger partial charge on any atom is 0.335 e. The number of aromatic amines is 1. The Labute approximate surface area is 170 Å². The van der Waals surface area contributed by atoms with Crippen molar-refractivity contribution >= 4 is 27.8 Å². The number of hydrogen-bond acceptors (Lipinski definition) is 4. The molecular formula is C21H20BrN3O3. The van der Waals surface area contributed by atoms with Crippen molar-refractivity contribution in [3.8, 4) is 11.6 Å². The lowest BCUT2D eigenvalue weighted by molar-refractivity contribution is 0.430. The first-order valence-corrected chi connectivity index (χ1v) is 9.45. The minimum atomic E-state index is -0.705. The maximum atomic E-state index is 12.4. The largest absolute Gasteiger partial charge is 0.493 e. The Morgan fingerprint density at radius 3 is 2.46 bits per heavy atom. The first-order valence-electron chi connectivity index (χ1n) is 8.65. The number of H-pyrrole nitrogens is 1. The third-order valence-electron chi connectivity index (χ3n) is 4.54. The van der Waals surface area contributed by atoms with Crippen molar-refractivity contribution in [1.82, 2.24) is 9.55 Å². The minimum Gasteiger partial charge on any atom is -0.493 e. The fraction of sp³-hybridized carbons (Fsp3) is 0.190. The molecule has 3 aromatic rings. The summed E-state index contributed by atoms with van der Waals surface area (Å²) in [7, 11) is 0. The Bertz CT molecular complexity index is 1220. The third kappa shape index (κ3) is 3.71. The highest BCUT2D eigenvalue weighted by Gasteiger charge is 2.16. The van der Waals surface area contributed by atoms with Crippen LogP contribution in [0.5, 0.6) is 5.88 Å². The van der Waals surface area contributed by atoms with Crippen LogP contribution in [-0.2, 0) is 0 Å². The zero-order valence-electron chi connectivity index (χ0n) is 16.0. The van der Waals surface area contributed by atoms with Crippen LogP contribution >= 0.6 is 15.9 Å². The average molecular weight is 442 g/mol. The monoisotopic (exact) mass is 441 g/mol. The van der Waals surface area contributed by atoms with Gasteiger partial charge in [-0.05, 0) is 68.1 Å². The summed E-state index contributed by atoms with van der Waals surface area (Å²) in [5.41, 5.74) is 3.31. The number of aromatic nitrogens is 2. The number of halogens is 1. The van der Waals surface area contributed by atoms with Gasteiger partial charge in [-0.25, -0.2) is 9.36 Å². The fourth-order valence-corrected chi connectivity index (χ4v) is 3.34. The molecule has 0 aliphatic heterocycles. The number of benzene rings is 2. The van der Waals surface area contributed by atoms with E-state index in [0.29, 0.717) is 11.4 Å². The smallest absolute Gasteiger partial charge is 0.335 e. The molecule has 6 nitrogen and oxygen atoms in total. The van der Waals surface area contributed by atoms with Gasteiger partial charge in [-0.15, -0.1) is 0 Å². The van der Waals surface area contributed by atoms with Crippen molar-refractivity contribution in [3.05, 3.63) is 83.5 Å². The van der Waals surface area contributed by atoms with Gasteiger partial charge in [0.2, 0.25) is 5.88 Å². The van der Waals surface area contributed by atoms with Gasteiger partial charge in [0.05, 0.1) is 11.4 Å². The van der Waals surface area contributed by atoms with E-state index in [-0.39, 0.29) is 5.56 Å². The molecule has 0 radical (unpaired) electrons. The summed E-state index contributed by atoms with van der Waals surface area (Å²) < 4.78 is 2.05. The summed E-state index contributed by atoms with van der Waals surface area (Å²) in [5.74, 6) is -0.447. The van der Waals surface area contributed by atoms with Crippen molar-refractivity contribution in [2.24, 2.45) is 4.99 Å². The van der Waals surface area contributed by atoms with Crippen LogP contribution in [0.2, 0.25) is 0 Å². The molecule has 144 valence electrons. The molecule has 0 saturated carbocycles. The van der Waals surface area contributed by atoms with Crippen LogP contribution in [-0.4, -0.2) is 20.9 Å². The predicted molar refractivity (Wildman–Crippen MR) is 115 cm³/mol. The van der Waals surface area contributed by atoms with Crippen LogP contribution in [0.4, 0.5) is 5.69 Å². The summed E-state index contributed by atoms with van der Waals surface area (Å²) in [6, 6.07) is 9.35. The Morgan fingerprint density at radius 2 is 1.75 bits per heavy atom. The number of nitrogens with one attached hydrogen (secondary N) is 1. The molecule has 0 bridgehead atoms. The van der Waals surface area contributed by atoms with E-state index in [1.54, 1.807) is 6.07 Å². The summed E-state index contributed by atoms with van der Waals surface area (Å²) in [5, 5.41) is 10.7. The highest BCUT2D eigenvalue weighted by atomic mass is 79.9. The molecule has 0 unspecified atom stereocenters. The molecule has 0 fully saturated rings. The molecule has 2 aromatic carbocycles. The van der Waals surface area contributed by atoms with E-state index in [2.05, 4.69) is 25.9 Å². The highest BCUT2D eigenvalue weighted by Crippen LogP contribution is 2.27. The van der Waals surface area contributed by atoms with Crippen molar-refractivity contribution in [3.63, 3.8) is 0 Å². The van der Waals surface area contributed by atoms with Gasteiger partial charge >= 0.3 is 5.69 Å². The second-order valence-electron chi connectivity index (χ2n) is 6.77. The van der Waals surface area contributed by atoms with Crippen LogP contribution in [0, 0.1) is 27.7 Å². The first-order chi connectivity index (χ1) is 13.2. The molecule has 0 atom stereocenters. The number of aromatic hydroxyl groups is 1. The van der Waals surface area contributed by atoms with E-state index < -0.39 is 17.1 Å². The molecule has 28 heavy (non-hydrogen) atoms. The Kier molecular flexibility index (Phi) is 5.38. The van der Waals surface area contributed by atoms with Crippen LogP contribution < -0.4 is 11.2 Å². The molecule has 1 aromatic heterocycles. The molecule has 3 rings (SSSR count). The van der Waals surface area contributed by atoms with Crippen LogP contribution in [0.25, 0.3) is 5.69 Å². The lowest BCUT2D eigenvalue weighted by Crippen LogP contribution is -2.31. The summed E-state index contributed by atoms with van der Waals surface area (Å²) in [6.45, 7) is 7.55. The summed E-state index contributed by atoms with van der Waals surface area (Å²) in [4.78, 5) is 31.3.